The molecule has 1 aromatic carbocycles. The highest BCUT2D eigenvalue weighted by Gasteiger charge is 2.55. The Morgan fingerprint density at radius 1 is 1.19 bits per heavy atom. The van der Waals surface area contributed by atoms with E-state index in [4.69, 9.17) is 0 Å². The van der Waals surface area contributed by atoms with Gasteiger partial charge >= 0.3 is 12.2 Å². The van der Waals surface area contributed by atoms with Crippen LogP contribution in [0.5, 0.6) is 0 Å². The predicted molar refractivity (Wildman–Crippen MR) is 95.5 cm³/mol. The molecule has 1 aromatic rings. The molecule has 27 heavy (non-hydrogen) atoms. The van der Waals surface area contributed by atoms with Gasteiger partial charge in [-0.3, -0.25) is 4.79 Å². The first-order chi connectivity index (χ1) is 12.7. The van der Waals surface area contributed by atoms with Crippen LogP contribution in [0.25, 0.3) is 0 Å². The summed E-state index contributed by atoms with van der Waals surface area (Å²) in [6.45, 7) is 0. The zero-order valence-corrected chi connectivity index (χ0v) is 15.4. The van der Waals surface area contributed by atoms with E-state index in [1.807, 2.05) is 0 Å². The van der Waals surface area contributed by atoms with Gasteiger partial charge in [0.05, 0.1) is 0 Å². The highest BCUT2D eigenvalue weighted by Crippen LogP contribution is 2.45. The number of hydrogen-bond donors (Lipinski definition) is 1. The number of carbonyl (C=O) groups excluding carboxylic acids is 2. The number of nitrogens with one attached hydrogen (secondary N) is 1. The van der Waals surface area contributed by atoms with Crippen molar-refractivity contribution in [1.82, 2.24) is 9.80 Å². The minimum Gasteiger partial charge on any atom is -0.331 e. The van der Waals surface area contributed by atoms with Crippen molar-refractivity contribution in [1.29, 1.82) is 0 Å². The van der Waals surface area contributed by atoms with Gasteiger partial charge in [-0.1, -0.05) is 18.9 Å². The Hall–Kier alpha value is -2.25. The fraction of sp³-hybridized carbons (Fsp3) is 0.579. The van der Waals surface area contributed by atoms with Crippen LogP contribution in [-0.4, -0.2) is 54.1 Å². The van der Waals surface area contributed by atoms with Crippen LogP contribution < -0.4 is 5.32 Å². The summed E-state index contributed by atoms with van der Waals surface area (Å²) in [6, 6.07) is 3.63. The summed E-state index contributed by atoms with van der Waals surface area (Å²) in [5, 5.41) is 2.62. The van der Waals surface area contributed by atoms with Gasteiger partial charge in [0, 0.05) is 31.4 Å². The molecule has 5 nitrogen and oxygen atoms in total. The third-order valence-electron chi connectivity index (χ3n) is 5.47. The number of likely N-dealkylation sites (tertiary alicyclic amines) is 1. The zero-order chi connectivity index (χ0) is 19.8. The summed E-state index contributed by atoms with van der Waals surface area (Å²) in [5.41, 5.74) is 0.537. The van der Waals surface area contributed by atoms with E-state index in [9.17, 15) is 22.8 Å². The molecular weight excluding hydrogens is 359 g/mol. The average molecular weight is 383 g/mol. The molecule has 1 aliphatic heterocycles. The van der Waals surface area contributed by atoms with E-state index >= 15 is 0 Å². The molecule has 148 valence electrons. The lowest BCUT2D eigenvalue weighted by Gasteiger charge is -2.34. The second kappa shape index (κ2) is 7.40. The summed E-state index contributed by atoms with van der Waals surface area (Å²) in [5.74, 6) is -0.710. The van der Waals surface area contributed by atoms with E-state index in [1.54, 1.807) is 26.2 Å². The van der Waals surface area contributed by atoms with Gasteiger partial charge in [-0.15, -0.1) is 0 Å². The Balaban J connectivity index is 1.87. The molecule has 1 N–H and O–H groups in total. The average Bonchev–Trinajstić information content (AvgIpc) is 3.01. The molecule has 3 atom stereocenters. The molecule has 0 radical (unpaired) electrons. The number of carbonyl (C=O) groups is 2. The third kappa shape index (κ3) is 4.04. The number of amides is 3. The first-order valence-electron chi connectivity index (χ1n) is 9.16. The van der Waals surface area contributed by atoms with Crippen LogP contribution in [0.15, 0.2) is 24.3 Å². The topological polar surface area (TPSA) is 52.7 Å². The largest absolute Gasteiger partial charge is 0.408 e. The van der Waals surface area contributed by atoms with E-state index in [0.29, 0.717) is 12.1 Å². The van der Waals surface area contributed by atoms with Gasteiger partial charge in [0.1, 0.15) is 6.04 Å². The molecule has 2 fully saturated rings. The lowest BCUT2D eigenvalue weighted by molar-refractivity contribution is -0.172. The number of alkyl halides is 3. The summed E-state index contributed by atoms with van der Waals surface area (Å²) in [4.78, 5) is 27.2. The van der Waals surface area contributed by atoms with E-state index in [2.05, 4.69) is 5.32 Å². The second-order valence-corrected chi connectivity index (χ2v) is 7.52. The Morgan fingerprint density at radius 2 is 1.89 bits per heavy atom. The predicted octanol–water partition coefficient (Wildman–Crippen LogP) is 4.12. The Bertz CT molecular complexity index is 720. The number of fused-ring (bicyclic) bond motifs is 1. The van der Waals surface area contributed by atoms with Crippen LogP contribution >= 0.6 is 0 Å². The van der Waals surface area contributed by atoms with Gasteiger partial charge < -0.3 is 15.1 Å². The summed E-state index contributed by atoms with van der Waals surface area (Å²) in [7, 11) is 3.15. The fourth-order valence-electron chi connectivity index (χ4n) is 4.16. The van der Waals surface area contributed by atoms with Crippen LogP contribution in [-0.2, 0) is 0 Å². The van der Waals surface area contributed by atoms with Gasteiger partial charge in [-0.2, -0.15) is 13.2 Å². The van der Waals surface area contributed by atoms with Crippen molar-refractivity contribution in [2.75, 3.05) is 19.4 Å². The lowest BCUT2D eigenvalue weighted by atomic mass is 9.84. The SMILES string of the molecule is CN(C)C(=O)Nc1cccc(C(=O)N2[C@H](C(F)(F)F)C[C@@H]3CCCC[C@@H]32)c1. The second-order valence-electron chi connectivity index (χ2n) is 7.52. The Morgan fingerprint density at radius 3 is 2.56 bits per heavy atom. The molecule has 0 aromatic heterocycles. The number of hydrogen-bond acceptors (Lipinski definition) is 2. The molecular formula is C19H24F3N3O2. The monoisotopic (exact) mass is 383 g/mol. The number of halogens is 3. The first kappa shape index (κ1) is 19.5. The number of rotatable bonds is 2. The van der Waals surface area contributed by atoms with Crippen molar-refractivity contribution in [3.8, 4) is 0 Å². The number of urea groups is 1. The molecule has 0 spiro atoms. The number of nitrogens with zero attached hydrogens (tertiary/aromatic N) is 2. The van der Waals surface area contributed by atoms with Crippen LogP contribution in [0.3, 0.4) is 0 Å². The maximum Gasteiger partial charge on any atom is 0.408 e. The van der Waals surface area contributed by atoms with Gasteiger partial charge in [-0.25, -0.2) is 4.79 Å². The minimum atomic E-state index is -4.44. The molecule has 8 heteroatoms. The molecule has 1 saturated heterocycles. The van der Waals surface area contributed by atoms with Gasteiger partial charge in [-0.05, 0) is 43.4 Å². The summed E-state index contributed by atoms with van der Waals surface area (Å²) < 4.78 is 40.8. The number of anilines is 1. The Kier molecular flexibility index (Phi) is 5.35. The molecule has 1 aliphatic carbocycles. The van der Waals surface area contributed by atoms with Crippen LogP contribution in [0.4, 0.5) is 23.7 Å². The van der Waals surface area contributed by atoms with E-state index in [1.165, 1.54) is 17.0 Å². The van der Waals surface area contributed by atoms with Crippen molar-refractivity contribution >= 4 is 17.6 Å². The van der Waals surface area contributed by atoms with Crippen molar-refractivity contribution in [3.63, 3.8) is 0 Å². The van der Waals surface area contributed by atoms with Crippen LogP contribution in [0.1, 0.15) is 42.5 Å². The van der Waals surface area contributed by atoms with Gasteiger partial charge in [0.2, 0.25) is 0 Å². The van der Waals surface area contributed by atoms with E-state index in [0.717, 1.165) is 24.2 Å². The zero-order valence-electron chi connectivity index (χ0n) is 15.4. The van der Waals surface area contributed by atoms with Crippen molar-refractivity contribution in [2.24, 2.45) is 5.92 Å². The molecule has 1 saturated carbocycles. The molecule has 0 unspecified atom stereocenters. The summed E-state index contributed by atoms with van der Waals surface area (Å²) in [6.07, 6.45) is -1.35. The Labute approximate surface area is 156 Å². The van der Waals surface area contributed by atoms with Gasteiger partial charge in [0.15, 0.2) is 0 Å². The quantitative estimate of drug-likeness (QED) is 0.835. The van der Waals surface area contributed by atoms with E-state index < -0.39 is 18.1 Å². The van der Waals surface area contributed by atoms with Crippen LogP contribution in [0, 0.1) is 5.92 Å². The maximum absolute atomic E-state index is 13.6. The summed E-state index contributed by atoms with van der Waals surface area (Å²) >= 11 is 0. The highest BCUT2D eigenvalue weighted by atomic mass is 19.4. The molecule has 3 rings (SSSR count). The lowest BCUT2D eigenvalue weighted by Crippen LogP contribution is -2.48. The normalized spacial score (nSPS) is 25.1. The van der Waals surface area contributed by atoms with Gasteiger partial charge in [0.25, 0.3) is 5.91 Å². The minimum absolute atomic E-state index is 0.0169. The maximum atomic E-state index is 13.6. The fourth-order valence-corrected chi connectivity index (χ4v) is 4.16. The third-order valence-corrected chi connectivity index (χ3v) is 5.47. The van der Waals surface area contributed by atoms with E-state index in [-0.39, 0.29) is 30.0 Å². The van der Waals surface area contributed by atoms with Crippen molar-refractivity contribution in [3.05, 3.63) is 29.8 Å². The van der Waals surface area contributed by atoms with Crippen molar-refractivity contribution in [2.45, 2.75) is 50.4 Å². The van der Waals surface area contributed by atoms with Crippen molar-refractivity contribution < 1.29 is 22.8 Å². The smallest absolute Gasteiger partial charge is 0.331 e. The number of benzene rings is 1. The molecule has 2 aliphatic rings. The molecule has 0 bridgehead atoms. The molecule has 3 amide bonds. The highest BCUT2D eigenvalue weighted by molar-refractivity contribution is 5.97. The van der Waals surface area contributed by atoms with Crippen LogP contribution in [0.2, 0.25) is 0 Å². The standard InChI is InChI=1S/C19H24F3N3O2/c1-24(2)18(27)23-14-8-5-7-13(10-14)17(26)25-15-9-4-3-6-12(15)11-16(25)19(20,21)22/h5,7-8,10,12,15-16H,3-4,6,9,11H2,1-2H3,(H,23,27)/t12-,15-,16-/m0/s1. The molecule has 1 heterocycles. The first-order valence-corrected chi connectivity index (χ1v) is 9.16.